The number of rotatable bonds is 4. The van der Waals surface area contributed by atoms with Crippen LogP contribution < -0.4 is 0 Å². The molecule has 0 bridgehead atoms. The summed E-state index contributed by atoms with van der Waals surface area (Å²) in [6, 6.07) is 0. The van der Waals surface area contributed by atoms with E-state index < -0.39 is 27.5 Å². The predicted octanol–water partition coefficient (Wildman–Crippen LogP) is 2.61. The fourth-order valence-electron chi connectivity index (χ4n) is 8.55. The highest BCUT2D eigenvalue weighted by Crippen LogP contribution is 2.69. The highest BCUT2D eigenvalue weighted by atomic mass is 32.3. The van der Waals surface area contributed by atoms with Gasteiger partial charge in [-0.25, -0.2) is 8.98 Å². The van der Waals surface area contributed by atoms with Crippen molar-refractivity contribution in [1.82, 2.24) is 0 Å². The molecule has 8 atom stereocenters. The van der Waals surface area contributed by atoms with Crippen molar-refractivity contribution < 1.29 is 36.6 Å². The maximum absolute atomic E-state index is 12.6. The summed E-state index contributed by atoms with van der Waals surface area (Å²) in [4.78, 5) is 24.3. The average Bonchev–Trinajstić information content (AvgIpc) is 3.26. The Kier molecular flexibility index (Phi) is 5.17. The lowest BCUT2D eigenvalue weighted by molar-refractivity contribution is -0.206. The SMILES string of the molecule is C[C@]12CC[C@H]3[C@@H](CC[C@@H]4C[C@@H](OS(=O)(=O)O)CC[C@@]43C=O)[C@@]1(O)CC[C@@H]2C1=CC(=O)OC1. The topological polar surface area (TPSA) is 127 Å². The highest BCUT2D eigenvalue weighted by molar-refractivity contribution is 7.80. The van der Waals surface area contributed by atoms with Crippen molar-refractivity contribution in [2.24, 2.45) is 34.5 Å². The highest BCUT2D eigenvalue weighted by Gasteiger charge is 2.68. The predicted molar refractivity (Wildman–Crippen MR) is 113 cm³/mol. The summed E-state index contributed by atoms with van der Waals surface area (Å²) in [6.07, 6.45) is 7.91. The molecule has 8 nitrogen and oxygen atoms in total. The summed E-state index contributed by atoms with van der Waals surface area (Å²) in [7, 11) is -4.53. The molecule has 4 aliphatic carbocycles. The first-order valence-corrected chi connectivity index (χ1v) is 13.1. The first-order chi connectivity index (χ1) is 15.0. The molecule has 4 fully saturated rings. The molecule has 9 heteroatoms. The molecular formula is C23H32O8S. The van der Waals surface area contributed by atoms with Gasteiger partial charge in [0.05, 0.1) is 11.7 Å². The third kappa shape index (κ3) is 3.15. The van der Waals surface area contributed by atoms with E-state index in [-0.39, 0.29) is 35.1 Å². The Morgan fingerprint density at radius 1 is 1.12 bits per heavy atom. The van der Waals surface area contributed by atoms with E-state index in [2.05, 4.69) is 6.92 Å². The van der Waals surface area contributed by atoms with Gasteiger partial charge in [-0.15, -0.1) is 0 Å². The zero-order valence-corrected chi connectivity index (χ0v) is 19.2. The molecular weight excluding hydrogens is 436 g/mol. The summed E-state index contributed by atoms with van der Waals surface area (Å²) >= 11 is 0. The monoisotopic (exact) mass is 468 g/mol. The molecule has 5 rings (SSSR count). The van der Waals surface area contributed by atoms with E-state index in [0.717, 1.165) is 44.0 Å². The van der Waals surface area contributed by atoms with Crippen molar-refractivity contribution in [3.8, 4) is 0 Å². The van der Waals surface area contributed by atoms with Crippen molar-refractivity contribution >= 4 is 22.7 Å². The summed E-state index contributed by atoms with van der Waals surface area (Å²) in [6.45, 7) is 2.44. The van der Waals surface area contributed by atoms with E-state index in [1.165, 1.54) is 0 Å². The van der Waals surface area contributed by atoms with Gasteiger partial charge in [0, 0.05) is 16.9 Å². The van der Waals surface area contributed by atoms with Crippen LogP contribution in [-0.2, 0) is 28.9 Å². The minimum atomic E-state index is -4.53. The lowest BCUT2D eigenvalue weighted by Gasteiger charge is -2.63. The number of cyclic esters (lactones) is 1. The summed E-state index contributed by atoms with van der Waals surface area (Å²) in [5.41, 5.74) is -0.886. The van der Waals surface area contributed by atoms with E-state index in [1.807, 2.05) is 0 Å². The molecule has 0 saturated heterocycles. The Hall–Kier alpha value is -1.29. The molecule has 0 radical (unpaired) electrons. The van der Waals surface area contributed by atoms with Gasteiger partial charge in [-0.3, -0.25) is 4.55 Å². The molecule has 1 aliphatic heterocycles. The van der Waals surface area contributed by atoms with Crippen molar-refractivity contribution in [2.75, 3.05) is 6.61 Å². The zero-order chi connectivity index (χ0) is 22.9. The average molecular weight is 469 g/mol. The molecule has 5 aliphatic rings. The first-order valence-electron chi connectivity index (χ1n) is 11.7. The molecule has 0 unspecified atom stereocenters. The number of hydrogen-bond donors (Lipinski definition) is 2. The van der Waals surface area contributed by atoms with Crippen molar-refractivity contribution in [3.05, 3.63) is 11.6 Å². The number of esters is 1. The van der Waals surface area contributed by atoms with Gasteiger partial charge in [-0.1, -0.05) is 6.92 Å². The Morgan fingerprint density at radius 3 is 2.56 bits per heavy atom. The van der Waals surface area contributed by atoms with Crippen molar-refractivity contribution in [2.45, 2.75) is 76.4 Å². The van der Waals surface area contributed by atoms with Crippen LogP contribution in [0.15, 0.2) is 11.6 Å². The number of carbonyl (C=O) groups is 2. The molecule has 0 aromatic rings. The van der Waals surface area contributed by atoms with Gasteiger partial charge in [-0.05, 0) is 87.0 Å². The van der Waals surface area contributed by atoms with Gasteiger partial charge < -0.3 is 14.6 Å². The third-order valence-electron chi connectivity index (χ3n) is 9.98. The van der Waals surface area contributed by atoms with Gasteiger partial charge in [0.15, 0.2) is 0 Å². The van der Waals surface area contributed by atoms with Gasteiger partial charge >= 0.3 is 16.4 Å². The van der Waals surface area contributed by atoms with E-state index in [4.69, 9.17) is 13.5 Å². The molecule has 4 saturated carbocycles. The molecule has 0 aromatic heterocycles. The fourth-order valence-corrected chi connectivity index (χ4v) is 9.07. The smallest absolute Gasteiger partial charge is 0.397 e. The van der Waals surface area contributed by atoms with Crippen LogP contribution in [0.5, 0.6) is 0 Å². The van der Waals surface area contributed by atoms with Gasteiger partial charge in [0.2, 0.25) is 0 Å². The van der Waals surface area contributed by atoms with E-state index >= 15 is 0 Å². The Morgan fingerprint density at radius 2 is 1.91 bits per heavy atom. The quantitative estimate of drug-likeness (QED) is 0.366. The van der Waals surface area contributed by atoms with Crippen LogP contribution in [0.1, 0.15) is 64.7 Å². The molecule has 178 valence electrons. The number of hydrogen-bond acceptors (Lipinski definition) is 7. The standard InChI is InChI=1S/C23H32O8S/c1-21-7-5-18-19(23(21,26)9-6-17(21)14-10-20(25)30-12-14)3-2-15-11-16(31-32(27,28)29)4-8-22(15,18)13-24/h10,13,15-19,26H,2-9,11-12H2,1H3,(H,27,28,29)/t15-,16+,17-,18+,19-,21-,22-,23+/m1/s1. The molecule has 2 N–H and O–H groups in total. The Balaban J connectivity index is 1.42. The van der Waals surface area contributed by atoms with E-state index in [1.54, 1.807) is 6.08 Å². The number of aldehydes is 1. The summed E-state index contributed by atoms with van der Waals surface area (Å²) in [5.74, 6) is -0.195. The molecule has 1 heterocycles. The maximum atomic E-state index is 12.6. The van der Waals surface area contributed by atoms with E-state index in [9.17, 15) is 23.1 Å². The van der Waals surface area contributed by atoms with Gasteiger partial charge in [-0.2, -0.15) is 8.42 Å². The van der Waals surface area contributed by atoms with Crippen molar-refractivity contribution in [1.29, 1.82) is 0 Å². The molecule has 0 spiro atoms. The lowest BCUT2D eigenvalue weighted by Crippen LogP contribution is -2.63. The third-order valence-corrected chi connectivity index (χ3v) is 10.5. The second kappa shape index (κ2) is 7.35. The first kappa shape index (κ1) is 22.5. The minimum absolute atomic E-state index is 0.00892. The van der Waals surface area contributed by atoms with Crippen LogP contribution >= 0.6 is 0 Å². The summed E-state index contributed by atoms with van der Waals surface area (Å²) < 4.78 is 41.5. The van der Waals surface area contributed by atoms with Crippen LogP contribution in [0.3, 0.4) is 0 Å². The summed E-state index contributed by atoms with van der Waals surface area (Å²) in [5, 5.41) is 12.2. The number of ether oxygens (including phenoxy) is 1. The normalized spacial score (nSPS) is 48.3. The Bertz CT molecular complexity index is 959. The Labute approximate surface area is 188 Å². The molecule has 32 heavy (non-hydrogen) atoms. The van der Waals surface area contributed by atoms with Crippen LogP contribution in [0.4, 0.5) is 0 Å². The maximum Gasteiger partial charge on any atom is 0.397 e. The van der Waals surface area contributed by atoms with Crippen LogP contribution in [0, 0.1) is 34.5 Å². The van der Waals surface area contributed by atoms with Crippen molar-refractivity contribution in [3.63, 3.8) is 0 Å². The number of aliphatic hydroxyl groups is 1. The van der Waals surface area contributed by atoms with Gasteiger partial charge in [0.1, 0.15) is 12.9 Å². The second-order valence-electron chi connectivity index (χ2n) is 10.9. The van der Waals surface area contributed by atoms with Gasteiger partial charge in [0.25, 0.3) is 0 Å². The molecule has 0 amide bonds. The minimum Gasteiger partial charge on any atom is -0.458 e. The van der Waals surface area contributed by atoms with Crippen LogP contribution in [0.2, 0.25) is 0 Å². The number of fused-ring (bicyclic) bond motifs is 5. The largest absolute Gasteiger partial charge is 0.458 e. The lowest BCUT2D eigenvalue weighted by atomic mass is 9.43. The fraction of sp³-hybridized carbons (Fsp3) is 0.826. The zero-order valence-electron chi connectivity index (χ0n) is 18.4. The van der Waals surface area contributed by atoms with E-state index in [0.29, 0.717) is 32.3 Å². The van der Waals surface area contributed by atoms with Crippen LogP contribution in [-0.4, -0.2) is 48.6 Å². The molecule has 0 aromatic carbocycles. The number of carbonyl (C=O) groups excluding carboxylic acids is 2. The second-order valence-corrected chi connectivity index (χ2v) is 12.0. The van der Waals surface area contributed by atoms with Crippen LogP contribution in [0.25, 0.3) is 0 Å².